The molecule has 0 heterocycles. The fourth-order valence-electron chi connectivity index (χ4n) is 7.65. The molecule has 0 aliphatic rings. The van der Waals surface area contributed by atoms with E-state index in [4.69, 9.17) is 4.74 Å². The van der Waals surface area contributed by atoms with Crippen molar-refractivity contribution in [2.45, 2.75) is 270 Å². The molecule has 6 nitrogen and oxygen atoms in total. The number of allylic oxidation sites excluding steroid dienone is 10. The van der Waals surface area contributed by atoms with Gasteiger partial charge < -0.3 is 20.3 Å². The van der Waals surface area contributed by atoms with Gasteiger partial charge in [-0.15, -0.1) is 0 Å². The number of ether oxygens (including phenoxy) is 1. The minimum atomic E-state index is -0.794. The summed E-state index contributed by atoms with van der Waals surface area (Å²) in [4.78, 5) is 26.1. The normalized spacial score (nSPS) is 13.7. The quantitative estimate of drug-likeness (QED) is 0.0322. The summed E-state index contributed by atoms with van der Waals surface area (Å²) in [6.45, 7) is 6.34. The molecule has 0 fully saturated rings. The lowest BCUT2D eigenvalue weighted by atomic mass is 10.0. The van der Waals surface area contributed by atoms with Crippen LogP contribution in [0.5, 0.6) is 0 Å². The minimum absolute atomic E-state index is 0.0615. The Bertz CT molecular complexity index is 1090. The maximum atomic E-state index is 13.2. The van der Waals surface area contributed by atoms with Gasteiger partial charge in [-0.2, -0.15) is 0 Å². The molecule has 1 amide bonds. The molecule has 3 atom stereocenters. The van der Waals surface area contributed by atoms with Gasteiger partial charge in [0.15, 0.2) is 0 Å². The van der Waals surface area contributed by atoms with Crippen LogP contribution in [0.4, 0.5) is 0 Å². The zero-order chi connectivity index (χ0) is 44.5. The number of carbonyl (C=O) groups excluding carboxylic acids is 2. The third-order valence-electron chi connectivity index (χ3n) is 11.6. The first-order chi connectivity index (χ1) is 30.0. The standard InChI is InChI=1S/C55H99NO5/c1-4-7-10-13-16-19-22-24-25-26-27-28-29-30-33-36-39-42-45-48-55(60)61-51(46-43-40-37-34-32-23-20-17-14-11-8-5-2)49-54(59)56-52(50-57)53(58)47-44-41-38-35-31-21-18-15-12-9-6-3/h8,11,16-17,19-20,24-25,27-28,51-53,57-58H,4-7,9-10,12-15,18,21-23,26,29-50H2,1-3H3,(H,56,59)/b11-8+,19-16-,20-17+,25-24-,28-27-. The van der Waals surface area contributed by atoms with Crippen molar-refractivity contribution in [2.75, 3.05) is 6.61 Å². The van der Waals surface area contributed by atoms with E-state index in [1.807, 2.05) is 0 Å². The summed E-state index contributed by atoms with van der Waals surface area (Å²) in [5.41, 5.74) is 0. The van der Waals surface area contributed by atoms with Crippen LogP contribution in [-0.4, -0.2) is 46.9 Å². The monoisotopic (exact) mass is 854 g/mol. The number of hydrogen-bond donors (Lipinski definition) is 3. The molecule has 0 aliphatic heterocycles. The summed E-state index contributed by atoms with van der Waals surface area (Å²) in [6, 6.07) is -0.709. The molecule has 0 saturated heterocycles. The first kappa shape index (κ1) is 58.6. The lowest BCUT2D eigenvalue weighted by Crippen LogP contribution is -2.46. The van der Waals surface area contributed by atoms with Crippen LogP contribution in [0.2, 0.25) is 0 Å². The van der Waals surface area contributed by atoms with Crippen molar-refractivity contribution < 1.29 is 24.5 Å². The number of esters is 1. The molecule has 0 aromatic heterocycles. The fourth-order valence-corrected chi connectivity index (χ4v) is 7.65. The number of amides is 1. The summed E-state index contributed by atoms with van der Waals surface area (Å²) in [7, 11) is 0. The number of unbranched alkanes of at least 4 members (excludes halogenated alkanes) is 24. The van der Waals surface area contributed by atoms with Gasteiger partial charge in [0, 0.05) is 6.42 Å². The smallest absolute Gasteiger partial charge is 0.306 e. The molecule has 354 valence electrons. The van der Waals surface area contributed by atoms with E-state index in [2.05, 4.69) is 86.8 Å². The van der Waals surface area contributed by atoms with Crippen molar-refractivity contribution in [1.82, 2.24) is 5.32 Å². The second-order valence-corrected chi connectivity index (χ2v) is 17.5. The maximum Gasteiger partial charge on any atom is 0.306 e. The van der Waals surface area contributed by atoms with E-state index in [1.54, 1.807) is 0 Å². The molecular weight excluding hydrogens is 755 g/mol. The molecule has 0 radical (unpaired) electrons. The minimum Gasteiger partial charge on any atom is -0.462 e. The summed E-state index contributed by atoms with van der Waals surface area (Å²) in [5, 5.41) is 23.7. The summed E-state index contributed by atoms with van der Waals surface area (Å²) in [6.07, 6.45) is 59.9. The topological polar surface area (TPSA) is 95.9 Å². The predicted molar refractivity (Wildman–Crippen MR) is 264 cm³/mol. The molecule has 0 aromatic carbocycles. The molecule has 61 heavy (non-hydrogen) atoms. The van der Waals surface area contributed by atoms with Gasteiger partial charge in [-0.3, -0.25) is 9.59 Å². The SMILES string of the molecule is CC/C=C/C/C=C/CCCCCCCC(CC(=O)NC(CO)C(O)CCCCCCCCCCCCC)OC(=O)CCCCCCCC/C=C\C/C=C\C/C=C\CCCCC. The van der Waals surface area contributed by atoms with E-state index in [-0.39, 0.29) is 24.9 Å². The molecule has 6 heteroatoms. The molecule has 0 bridgehead atoms. The number of carbonyl (C=O) groups is 2. The third kappa shape index (κ3) is 44.0. The predicted octanol–water partition coefficient (Wildman–Crippen LogP) is 15.6. The number of rotatable bonds is 46. The lowest BCUT2D eigenvalue weighted by Gasteiger charge is -2.24. The molecule has 0 aliphatic carbocycles. The highest BCUT2D eigenvalue weighted by Crippen LogP contribution is 2.17. The molecular formula is C55H99NO5. The highest BCUT2D eigenvalue weighted by atomic mass is 16.5. The van der Waals surface area contributed by atoms with Crippen LogP contribution in [0.15, 0.2) is 60.8 Å². The van der Waals surface area contributed by atoms with E-state index in [9.17, 15) is 19.8 Å². The third-order valence-corrected chi connectivity index (χ3v) is 11.6. The van der Waals surface area contributed by atoms with Crippen LogP contribution in [0.1, 0.15) is 252 Å². The van der Waals surface area contributed by atoms with Gasteiger partial charge in [0.2, 0.25) is 5.91 Å². The Labute approximate surface area is 378 Å². The molecule has 0 saturated carbocycles. The van der Waals surface area contributed by atoms with Crippen LogP contribution < -0.4 is 5.32 Å². The first-order valence-electron chi connectivity index (χ1n) is 26.0. The van der Waals surface area contributed by atoms with Crippen LogP contribution >= 0.6 is 0 Å². The molecule has 3 unspecified atom stereocenters. The Balaban J connectivity index is 4.56. The second kappa shape index (κ2) is 48.6. The van der Waals surface area contributed by atoms with Crippen molar-refractivity contribution >= 4 is 11.9 Å². The van der Waals surface area contributed by atoms with E-state index in [0.29, 0.717) is 19.3 Å². The Morgan fingerprint density at radius 3 is 1.38 bits per heavy atom. The number of nitrogens with one attached hydrogen (secondary N) is 1. The molecule has 0 aromatic rings. The fraction of sp³-hybridized carbons (Fsp3) is 0.782. The molecule has 0 spiro atoms. The lowest BCUT2D eigenvalue weighted by molar-refractivity contribution is -0.151. The van der Waals surface area contributed by atoms with E-state index in [1.165, 1.54) is 109 Å². The van der Waals surface area contributed by atoms with E-state index in [0.717, 1.165) is 96.3 Å². The van der Waals surface area contributed by atoms with Gasteiger partial charge in [0.05, 0.1) is 25.2 Å². The van der Waals surface area contributed by atoms with Gasteiger partial charge in [-0.1, -0.05) is 210 Å². The average molecular weight is 854 g/mol. The summed E-state index contributed by atoms with van der Waals surface area (Å²) in [5.74, 6) is -0.501. The average Bonchev–Trinajstić information content (AvgIpc) is 3.25. The molecule has 0 rings (SSSR count). The van der Waals surface area contributed by atoms with Gasteiger partial charge in [0.25, 0.3) is 0 Å². The maximum absolute atomic E-state index is 13.2. The first-order valence-corrected chi connectivity index (χ1v) is 26.0. The van der Waals surface area contributed by atoms with Gasteiger partial charge >= 0.3 is 5.97 Å². The Hall–Kier alpha value is -2.44. The summed E-state index contributed by atoms with van der Waals surface area (Å²) >= 11 is 0. The van der Waals surface area contributed by atoms with Crippen LogP contribution in [0, 0.1) is 0 Å². The van der Waals surface area contributed by atoms with Gasteiger partial charge in [0.1, 0.15) is 6.10 Å². The number of aliphatic hydroxyl groups excluding tert-OH is 2. The van der Waals surface area contributed by atoms with Crippen LogP contribution in [0.3, 0.4) is 0 Å². The van der Waals surface area contributed by atoms with Crippen molar-refractivity contribution in [3.8, 4) is 0 Å². The number of hydrogen-bond acceptors (Lipinski definition) is 5. The van der Waals surface area contributed by atoms with Crippen molar-refractivity contribution in [3.63, 3.8) is 0 Å². The van der Waals surface area contributed by atoms with Crippen LogP contribution in [0.25, 0.3) is 0 Å². The van der Waals surface area contributed by atoms with E-state index < -0.39 is 18.2 Å². The van der Waals surface area contributed by atoms with E-state index >= 15 is 0 Å². The Kier molecular flexibility index (Phi) is 46.6. The second-order valence-electron chi connectivity index (χ2n) is 17.5. The van der Waals surface area contributed by atoms with Gasteiger partial charge in [-0.05, 0) is 89.9 Å². The van der Waals surface area contributed by atoms with Crippen molar-refractivity contribution in [2.24, 2.45) is 0 Å². The highest BCUT2D eigenvalue weighted by molar-refractivity contribution is 5.77. The highest BCUT2D eigenvalue weighted by Gasteiger charge is 2.24. The van der Waals surface area contributed by atoms with Gasteiger partial charge in [-0.25, -0.2) is 0 Å². The van der Waals surface area contributed by atoms with Crippen molar-refractivity contribution in [3.05, 3.63) is 60.8 Å². The summed E-state index contributed by atoms with van der Waals surface area (Å²) < 4.78 is 5.92. The number of aliphatic hydroxyl groups is 2. The Morgan fingerprint density at radius 1 is 0.492 bits per heavy atom. The Morgan fingerprint density at radius 2 is 0.885 bits per heavy atom. The zero-order valence-corrected chi connectivity index (χ0v) is 40.3. The van der Waals surface area contributed by atoms with Crippen LogP contribution in [-0.2, 0) is 14.3 Å². The zero-order valence-electron chi connectivity index (χ0n) is 40.3. The van der Waals surface area contributed by atoms with Crippen molar-refractivity contribution in [1.29, 1.82) is 0 Å². The molecule has 3 N–H and O–H groups in total. The largest absolute Gasteiger partial charge is 0.462 e.